The molecule has 2 heterocycles. The van der Waals surface area contributed by atoms with Crippen LogP contribution in [0.25, 0.3) is 22.2 Å². The normalized spacial score (nSPS) is 10.9. The molecule has 0 aliphatic carbocycles. The van der Waals surface area contributed by atoms with Crippen LogP contribution in [0, 0.1) is 11.6 Å². The molecule has 4 rings (SSSR count). The second-order valence-corrected chi connectivity index (χ2v) is 6.77. The Labute approximate surface area is 174 Å². The number of halogens is 2. The van der Waals surface area contributed by atoms with Gasteiger partial charge in [-0.05, 0) is 35.9 Å². The first-order valence-electron chi connectivity index (χ1n) is 9.09. The van der Waals surface area contributed by atoms with Gasteiger partial charge in [-0.15, -0.1) is 0 Å². The average Bonchev–Trinajstić information content (AvgIpc) is 2.72. The lowest BCUT2D eigenvalue weighted by Crippen LogP contribution is -2.13. The van der Waals surface area contributed by atoms with Gasteiger partial charge in [-0.1, -0.05) is 6.07 Å². The maximum Gasteiger partial charge on any atom is 0.339 e. The summed E-state index contributed by atoms with van der Waals surface area (Å²) in [5, 5.41) is 9.54. The molecule has 9 heteroatoms. The van der Waals surface area contributed by atoms with Crippen LogP contribution in [-0.4, -0.2) is 33.1 Å². The summed E-state index contributed by atoms with van der Waals surface area (Å²) >= 11 is 0. The Morgan fingerprint density at radius 3 is 2.48 bits per heavy atom. The first kappa shape index (κ1) is 20.1. The van der Waals surface area contributed by atoms with E-state index in [1.165, 1.54) is 37.6 Å². The van der Waals surface area contributed by atoms with Crippen LogP contribution in [0.1, 0.15) is 21.7 Å². The van der Waals surface area contributed by atoms with Crippen LogP contribution in [0.5, 0.6) is 5.75 Å². The van der Waals surface area contributed by atoms with E-state index in [1.54, 1.807) is 12.1 Å². The van der Waals surface area contributed by atoms with Gasteiger partial charge in [0.05, 0.1) is 23.7 Å². The third kappa shape index (κ3) is 4.11. The van der Waals surface area contributed by atoms with E-state index < -0.39 is 23.2 Å². The molecule has 0 saturated heterocycles. The number of ether oxygens (including phenoxy) is 1. The van der Waals surface area contributed by atoms with E-state index in [9.17, 15) is 23.5 Å². The second-order valence-electron chi connectivity index (χ2n) is 6.77. The lowest BCUT2D eigenvalue weighted by atomic mass is 10.1. The van der Waals surface area contributed by atoms with Crippen LogP contribution in [0.2, 0.25) is 0 Å². The molecule has 0 radical (unpaired) electrons. The summed E-state index contributed by atoms with van der Waals surface area (Å²) in [7, 11) is 1.32. The lowest BCUT2D eigenvalue weighted by molar-refractivity contribution is 0.0693. The highest BCUT2D eigenvalue weighted by Crippen LogP contribution is 2.24. The predicted molar refractivity (Wildman–Crippen MR) is 108 cm³/mol. The topological polar surface area (TPSA) is 105 Å². The van der Waals surface area contributed by atoms with Crippen molar-refractivity contribution in [1.29, 1.82) is 0 Å². The van der Waals surface area contributed by atoms with Crippen LogP contribution >= 0.6 is 0 Å². The van der Waals surface area contributed by atoms with Gasteiger partial charge >= 0.3 is 5.97 Å². The minimum absolute atomic E-state index is 0.0635. The Hall–Kier alpha value is -4.14. The quantitative estimate of drug-likeness (QED) is 0.509. The van der Waals surface area contributed by atoms with Gasteiger partial charge in [0, 0.05) is 24.2 Å². The Morgan fingerprint density at radius 2 is 1.87 bits per heavy atom. The monoisotopic (exact) mass is 423 g/mol. The molecule has 31 heavy (non-hydrogen) atoms. The van der Waals surface area contributed by atoms with Crippen LogP contribution in [-0.2, 0) is 6.42 Å². The number of nitrogens with one attached hydrogen (secondary N) is 1. The number of carboxylic acids is 1. The molecule has 0 saturated carbocycles. The van der Waals surface area contributed by atoms with E-state index >= 15 is 0 Å². The molecule has 0 fully saturated rings. The molecule has 156 valence electrons. The van der Waals surface area contributed by atoms with Crippen molar-refractivity contribution in [2.75, 3.05) is 7.11 Å². The van der Waals surface area contributed by atoms with Gasteiger partial charge in [0.1, 0.15) is 28.8 Å². The van der Waals surface area contributed by atoms with E-state index in [2.05, 4.69) is 15.0 Å². The molecule has 0 bridgehead atoms. The van der Waals surface area contributed by atoms with Crippen molar-refractivity contribution in [1.82, 2.24) is 15.0 Å². The summed E-state index contributed by atoms with van der Waals surface area (Å²) in [4.78, 5) is 35.1. The zero-order valence-corrected chi connectivity index (χ0v) is 16.1. The number of hydrogen-bond donors (Lipinski definition) is 2. The number of carboxylic acid groups (broad SMARTS) is 1. The lowest BCUT2D eigenvalue weighted by Gasteiger charge is -2.08. The number of hydrogen-bond acceptors (Lipinski definition) is 5. The summed E-state index contributed by atoms with van der Waals surface area (Å²) < 4.78 is 31.9. The first-order chi connectivity index (χ1) is 14.8. The smallest absolute Gasteiger partial charge is 0.339 e. The van der Waals surface area contributed by atoms with Gasteiger partial charge in [0.25, 0.3) is 5.56 Å². The van der Waals surface area contributed by atoms with E-state index in [1.807, 2.05) is 0 Å². The highest BCUT2D eigenvalue weighted by atomic mass is 19.1. The summed E-state index contributed by atoms with van der Waals surface area (Å²) in [5.41, 5.74) is 1.06. The van der Waals surface area contributed by atoms with Crippen LogP contribution in [0.15, 0.2) is 53.5 Å². The maximum absolute atomic E-state index is 13.4. The number of aromatic nitrogens is 3. The number of aromatic carboxylic acids is 1. The van der Waals surface area contributed by atoms with Crippen molar-refractivity contribution in [3.05, 3.63) is 87.6 Å². The molecule has 2 N–H and O–H groups in total. The fourth-order valence-electron chi connectivity index (χ4n) is 3.23. The minimum atomic E-state index is -1.20. The maximum atomic E-state index is 13.4. The summed E-state index contributed by atoms with van der Waals surface area (Å²) in [6.45, 7) is 0. The Balaban J connectivity index is 1.66. The Kier molecular flexibility index (Phi) is 5.16. The third-order valence-corrected chi connectivity index (χ3v) is 4.66. The highest BCUT2D eigenvalue weighted by molar-refractivity contribution is 5.96. The van der Waals surface area contributed by atoms with Crippen molar-refractivity contribution in [3.8, 4) is 17.0 Å². The van der Waals surface area contributed by atoms with Gasteiger partial charge < -0.3 is 14.8 Å². The van der Waals surface area contributed by atoms with Crippen LogP contribution in [0.4, 0.5) is 8.78 Å². The Morgan fingerprint density at radius 1 is 1.13 bits per heavy atom. The third-order valence-electron chi connectivity index (χ3n) is 4.66. The van der Waals surface area contributed by atoms with Gasteiger partial charge in [-0.2, -0.15) is 0 Å². The largest absolute Gasteiger partial charge is 0.496 e. The van der Waals surface area contributed by atoms with Crippen molar-refractivity contribution in [2.45, 2.75) is 6.42 Å². The molecule has 0 atom stereocenters. The van der Waals surface area contributed by atoms with Crippen molar-refractivity contribution in [2.24, 2.45) is 0 Å². The van der Waals surface area contributed by atoms with Crippen molar-refractivity contribution in [3.63, 3.8) is 0 Å². The van der Waals surface area contributed by atoms with Gasteiger partial charge in [0.2, 0.25) is 0 Å². The SMILES string of the molecule is COc1cc2c(=O)[nH]c(Cc3ccc(-c4cc(F)cc(F)c4)nc3)nc2cc1C(=O)O. The molecule has 4 aromatic rings. The fourth-order valence-corrected chi connectivity index (χ4v) is 3.23. The molecule has 0 spiro atoms. The van der Waals surface area contributed by atoms with E-state index in [-0.39, 0.29) is 28.6 Å². The predicted octanol–water partition coefficient (Wildman–Crippen LogP) is 3.56. The number of carbonyl (C=O) groups is 1. The van der Waals surface area contributed by atoms with Crippen molar-refractivity contribution < 1.29 is 23.4 Å². The van der Waals surface area contributed by atoms with Gasteiger partial charge in [0.15, 0.2) is 0 Å². The number of pyridine rings is 1. The minimum Gasteiger partial charge on any atom is -0.496 e. The van der Waals surface area contributed by atoms with E-state index in [0.29, 0.717) is 22.6 Å². The van der Waals surface area contributed by atoms with Gasteiger partial charge in [-0.25, -0.2) is 18.6 Å². The highest BCUT2D eigenvalue weighted by Gasteiger charge is 2.15. The average molecular weight is 423 g/mol. The molecule has 0 aliphatic heterocycles. The summed E-state index contributed by atoms with van der Waals surface area (Å²) in [6, 6.07) is 9.08. The number of fused-ring (bicyclic) bond motifs is 1. The number of H-pyrrole nitrogens is 1. The standard InChI is InChI=1S/C22H15F2N3O4/c1-31-19-9-15-18(8-16(19)22(29)30)26-20(27-21(15)28)4-11-2-3-17(25-10-11)12-5-13(23)7-14(24)6-12/h2-3,5-10H,4H2,1H3,(H,29,30)(H,26,27,28). The molecular formula is C22H15F2N3O4. The molecular weight excluding hydrogens is 408 g/mol. The zero-order chi connectivity index (χ0) is 22.1. The zero-order valence-electron chi connectivity index (χ0n) is 16.1. The number of methoxy groups -OCH3 is 1. The number of nitrogens with zero attached hydrogens (tertiary/aromatic N) is 2. The molecule has 7 nitrogen and oxygen atoms in total. The number of aromatic amines is 1. The Bertz CT molecular complexity index is 1350. The van der Waals surface area contributed by atoms with Gasteiger partial charge in [-0.3, -0.25) is 9.78 Å². The van der Waals surface area contributed by atoms with E-state index in [0.717, 1.165) is 6.07 Å². The second kappa shape index (κ2) is 7.94. The number of rotatable bonds is 5. The summed E-state index contributed by atoms with van der Waals surface area (Å²) in [6.07, 6.45) is 1.73. The van der Waals surface area contributed by atoms with Crippen LogP contribution in [0.3, 0.4) is 0 Å². The molecule has 0 unspecified atom stereocenters. The molecule has 0 amide bonds. The van der Waals surface area contributed by atoms with Crippen molar-refractivity contribution >= 4 is 16.9 Å². The summed E-state index contributed by atoms with van der Waals surface area (Å²) in [5.74, 6) is -2.22. The fraction of sp³-hybridized carbons (Fsp3) is 0.0909. The molecule has 2 aromatic carbocycles. The first-order valence-corrected chi connectivity index (χ1v) is 9.09. The molecule has 2 aromatic heterocycles. The number of benzene rings is 2. The van der Waals surface area contributed by atoms with Crippen LogP contribution < -0.4 is 10.3 Å². The van der Waals surface area contributed by atoms with E-state index in [4.69, 9.17) is 4.74 Å². The molecule has 0 aliphatic rings.